The SMILES string of the molecule is COc1ccc(C(=O)c2oc3cc(NC(=O)c4cccc(F)c4)ccc3c2C)cc1. The highest BCUT2D eigenvalue weighted by Gasteiger charge is 2.20. The highest BCUT2D eigenvalue weighted by molar-refractivity contribution is 6.11. The quantitative estimate of drug-likeness (QED) is 0.455. The van der Waals surface area contributed by atoms with Crippen molar-refractivity contribution < 1.29 is 23.1 Å². The molecule has 1 aromatic heterocycles. The van der Waals surface area contributed by atoms with Crippen molar-refractivity contribution in [1.82, 2.24) is 0 Å². The fourth-order valence-corrected chi connectivity index (χ4v) is 3.23. The van der Waals surface area contributed by atoms with Gasteiger partial charge in [-0.1, -0.05) is 6.07 Å². The highest BCUT2D eigenvalue weighted by atomic mass is 19.1. The van der Waals surface area contributed by atoms with Crippen LogP contribution in [0.15, 0.2) is 71.1 Å². The van der Waals surface area contributed by atoms with Crippen LogP contribution in [0, 0.1) is 12.7 Å². The van der Waals surface area contributed by atoms with E-state index in [-0.39, 0.29) is 17.1 Å². The Kier molecular flexibility index (Phi) is 5.06. The molecular formula is C24H18FNO4. The van der Waals surface area contributed by atoms with Gasteiger partial charge < -0.3 is 14.5 Å². The molecule has 0 saturated heterocycles. The van der Waals surface area contributed by atoms with Crippen LogP contribution in [0.5, 0.6) is 5.75 Å². The fraction of sp³-hybridized carbons (Fsp3) is 0.0833. The van der Waals surface area contributed by atoms with Gasteiger partial charge in [0.1, 0.15) is 17.1 Å². The maximum Gasteiger partial charge on any atom is 0.255 e. The van der Waals surface area contributed by atoms with Crippen LogP contribution in [0.25, 0.3) is 11.0 Å². The zero-order valence-corrected chi connectivity index (χ0v) is 16.4. The Hall–Kier alpha value is -3.93. The second kappa shape index (κ2) is 7.83. The van der Waals surface area contributed by atoms with Crippen molar-refractivity contribution >= 4 is 28.3 Å². The molecule has 6 heteroatoms. The number of fused-ring (bicyclic) bond motifs is 1. The first-order valence-corrected chi connectivity index (χ1v) is 9.25. The normalized spacial score (nSPS) is 10.8. The molecule has 0 spiro atoms. The minimum atomic E-state index is -0.485. The van der Waals surface area contributed by atoms with E-state index in [4.69, 9.17) is 9.15 Å². The number of nitrogens with one attached hydrogen (secondary N) is 1. The van der Waals surface area contributed by atoms with Gasteiger partial charge in [-0.3, -0.25) is 9.59 Å². The molecule has 0 aliphatic carbocycles. The smallest absolute Gasteiger partial charge is 0.255 e. The molecule has 0 unspecified atom stereocenters. The zero-order valence-electron chi connectivity index (χ0n) is 16.4. The van der Waals surface area contributed by atoms with Crippen LogP contribution in [0.1, 0.15) is 32.0 Å². The minimum absolute atomic E-state index is 0.209. The molecule has 0 fully saturated rings. The molecular weight excluding hydrogens is 385 g/mol. The average molecular weight is 403 g/mol. The van der Waals surface area contributed by atoms with E-state index in [0.717, 1.165) is 11.5 Å². The van der Waals surface area contributed by atoms with Crippen molar-refractivity contribution in [2.75, 3.05) is 12.4 Å². The number of benzene rings is 3. The van der Waals surface area contributed by atoms with Gasteiger partial charge in [-0.05, 0) is 61.5 Å². The Balaban J connectivity index is 1.62. The van der Waals surface area contributed by atoms with Crippen LogP contribution in [0.3, 0.4) is 0 Å². The number of hydrogen-bond donors (Lipinski definition) is 1. The lowest BCUT2D eigenvalue weighted by molar-refractivity contribution is 0.101. The predicted octanol–water partition coefficient (Wildman–Crippen LogP) is 5.37. The number of rotatable bonds is 5. The van der Waals surface area contributed by atoms with Gasteiger partial charge in [-0.15, -0.1) is 0 Å². The number of ketones is 1. The summed E-state index contributed by atoms with van der Waals surface area (Å²) in [5, 5.41) is 3.49. The largest absolute Gasteiger partial charge is 0.497 e. The van der Waals surface area contributed by atoms with E-state index in [0.29, 0.717) is 28.1 Å². The van der Waals surface area contributed by atoms with E-state index in [2.05, 4.69) is 5.32 Å². The summed E-state index contributed by atoms with van der Waals surface area (Å²) in [6.45, 7) is 1.81. The molecule has 1 N–H and O–H groups in total. The van der Waals surface area contributed by atoms with Crippen molar-refractivity contribution in [3.05, 3.63) is 95.0 Å². The Morgan fingerprint density at radius 1 is 0.967 bits per heavy atom. The van der Waals surface area contributed by atoms with Crippen molar-refractivity contribution in [2.24, 2.45) is 0 Å². The third-order valence-corrected chi connectivity index (χ3v) is 4.84. The molecule has 5 nitrogen and oxygen atoms in total. The summed E-state index contributed by atoms with van der Waals surface area (Å²) in [6, 6.07) is 17.4. The van der Waals surface area contributed by atoms with Crippen molar-refractivity contribution in [3.63, 3.8) is 0 Å². The Labute approximate surface area is 172 Å². The first-order valence-electron chi connectivity index (χ1n) is 9.25. The first-order chi connectivity index (χ1) is 14.5. The average Bonchev–Trinajstić information content (AvgIpc) is 3.09. The molecule has 0 atom stereocenters. The topological polar surface area (TPSA) is 68.5 Å². The molecule has 0 radical (unpaired) electrons. The number of halogens is 1. The van der Waals surface area contributed by atoms with Crippen LogP contribution in [-0.4, -0.2) is 18.8 Å². The maximum atomic E-state index is 13.3. The van der Waals surface area contributed by atoms with E-state index >= 15 is 0 Å². The van der Waals surface area contributed by atoms with Gasteiger partial charge in [0.25, 0.3) is 5.91 Å². The third kappa shape index (κ3) is 3.67. The number of methoxy groups -OCH3 is 1. The van der Waals surface area contributed by atoms with Gasteiger partial charge in [0.05, 0.1) is 7.11 Å². The molecule has 4 rings (SSSR count). The second-order valence-electron chi connectivity index (χ2n) is 6.79. The van der Waals surface area contributed by atoms with Gasteiger partial charge >= 0.3 is 0 Å². The van der Waals surface area contributed by atoms with Gasteiger partial charge in [0.2, 0.25) is 5.78 Å². The molecule has 30 heavy (non-hydrogen) atoms. The monoisotopic (exact) mass is 403 g/mol. The van der Waals surface area contributed by atoms with Gasteiger partial charge in [-0.2, -0.15) is 0 Å². The number of carbonyl (C=O) groups excluding carboxylic acids is 2. The summed E-state index contributed by atoms with van der Waals surface area (Å²) in [6.07, 6.45) is 0. The molecule has 0 saturated carbocycles. The van der Waals surface area contributed by atoms with E-state index in [9.17, 15) is 14.0 Å². The molecule has 0 aliphatic heterocycles. The van der Waals surface area contributed by atoms with E-state index in [1.165, 1.54) is 18.2 Å². The first kappa shape index (κ1) is 19.4. The molecule has 3 aromatic carbocycles. The van der Waals surface area contributed by atoms with Gasteiger partial charge in [0.15, 0.2) is 5.76 Å². The fourth-order valence-electron chi connectivity index (χ4n) is 3.23. The van der Waals surface area contributed by atoms with E-state index < -0.39 is 11.7 Å². The van der Waals surface area contributed by atoms with Crippen LogP contribution in [0.2, 0.25) is 0 Å². The number of anilines is 1. The number of carbonyl (C=O) groups is 2. The summed E-state index contributed by atoms with van der Waals surface area (Å²) >= 11 is 0. The van der Waals surface area contributed by atoms with Crippen molar-refractivity contribution in [2.45, 2.75) is 6.92 Å². The van der Waals surface area contributed by atoms with E-state index in [1.807, 2.05) is 6.92 Å². The van der Waals surface area contributed by atoms with Crippen molar-refractivity contribution in [3.8, 4) is 5.75 Å². The summed E-state index contributed by atoms with van der Waals surface area (Å²) in [7, 11) is 1.56. The second-order valence-corrected chi connectivity index (χ2v) is 6.79. The Bertz CT molecular complexity index is 1260. The molecule has 150 valence electrons. The predicted molar refractivity (Wildman–Crippen MR) is 112 cm³/mol. The molecule has 0 aliphatic rings. The Morgan fingerprint density at radius 2 is 1.73 bits per heavy atom. The Morgan fingerprint density at radius 3 is 2.43 bits per heavy atom. The summed E-state index contributed by atoms with van der Waals surface area (Å²) in [5.74, 6) is -0.264. The number of furan rings is 1. The molecule has 1 heterocycles. The van der Waals surface area contributed by atoms with Gasteiger partial charge in [-0.25, -0.2) is 4.39 Å². The zero-order chi connectivity index (χ0) is 21.3. The van der Waals surface area contributed by atoms with Gasteiger partial charge in [0, 0.05) is 33.8 Å². The standard InChI is InChI=1S/C24H18FNO4/c1-14-20-11-8-18(26-24(28)16-4-3-5-17(25)12-16)13-21(20)30-23(14)22(27)15-6-9-19(29-2)10-7-15/h3-13H,1-2H3,(H,26,28). The van der Waals surface area contributed by atoms with E-state index in [1.54, 1.807) is 49.6 Å². The molecule has 4 aromatic rings. The van der Waals surface area contributed by atoms with Crippen LogP contribution >= 0.6 is 0 Å². The molecule has 1 amide bonds. The number of aryl methyl sites for hydroxylation is 1. The minimum Gasteiger partial charge on any atom is -0.497 e. The molecule has 0 bridgehead atoms. The lowest BCUT2D eigenvalue weighted by Crippen LogP contribution is -2.11. The number of amides is 1. The lowest BCUT2D eigenvalue weighted by Gasteiger charge is -2.05. The number of ether oxygens (including phenoxy) is 1. The number of hydrogen-bond acceptors (Lipinski definition) is 4. The van der Waals surface area contributed by atoms with Crippen LogP contribution < -0.4 is 10.1 Å². The van der Waals surface area contributed by atoms with Crippen LogP contribution in [-0.2, 0) is 0 Å². The highest BCUT2D eigenvalue weighted by Crippen LogP contribution is 2.30. The summed E-state index contributed by atoms with van der Waals surface area (Å²) < 4.78 is 24.3. The third-order valence-electron chi connectivity index (χ3n) is 4.84. The van der Waals surface area contributed by atoms with Crippen molar-refractivity contribution in [1.29, 1.82) is 0 Å². The lowest BCUT2D eigenvalue weighted by atomic mass is 10.0. The summed E-state index contributed by atoms with van der Waals surface area (Å²) in [4.78, 5) is 25.2. The maximum absolute atomic E-state index is 13.3. The van der Waals surface area contributed by atoms with Crippen LogP contribution in [0.4, 0.5) is 10.1 Å². The summed E-state index contributed by atoms with van der Waals surface area (Å²) in [5.41, 5.74) is 2.36.